The lowest BCUT2D eigenvalue weighted by atomic mass is 10.2. The number of sulfonamides is 1. The number of aliphatic hydroxyl groups excluding tert-OH is 1. The first kappa shape index (κ1) is 19.9. The molecule has 28 heavy (non-hydrogen) atoms. The molecule has 11 heteroatoms. The summed E-state index contributed by atoms with van der Waals surface area (Å²) in [4.78, 5) is 1.37. The molecule has 0 radical (unpaired) electrons. The van der Waals surface area contributed by atoms with Crippen molar-refractivity contribution >= 4 is 10.0 Å². The average molecular weight is 407 g/mol. The van der Waals surface area contributed by atoms with Crippen molar-refractivity contribution in [3.8, 4) is 17.1 Å². The molecule has 0 saturated heterocycles. The van der Waals surface area contributed by atoms with Crippen molar-refractivity contribution in [3.63, 3.8) is 0 Å². The third kappa shape index (κ3) is 4.50. The molecule has 3 rings (SSSR count). The van der Waals surface area contributed by atoms with Gasteiger partial charge in [0.05, 0.1) is 25.2 Å². The quantitative estimate of drug-likeness (QED) is 0.567. The van der Waals surface area contributed by atoms with Gasteiger partial charge < -0.3 is 9.84 Å². The second-order valence-corrected chi connectivity index (χ2v) is 7.53. The van der Waals surface area contributed by atoms with Gasteiger partial charge in [0.1, 0.15) is 0 Å². The molecule has 0 spiro atoms. The third-order valence-corrected chi connectivity index (χ3v) is 5.30. The van der Waals surface area contributed by atoms with Crippen LogP contribution in [0.2, 0.25) is 0 Å². The fraction of sp³-hybridized carbons (Fsp3) is 0.235. The first-order valence-corrected chi connectivity index (χ1v) is 9.72. The Labute approximate surface area is 160 Å². The van der Waals surface area contributed by atoms with Gasteiger partial charge in [-0.2, -0.15) is 4.80 Å². The predicted octanol–water partition coefficient (Wildman–Crippen LogP) is 0.807. The Morgan fingerprint density at radius 2 is 1.96 bits per heavy atom. The molecule has 148 valence electrons. The van der Waals surface area contributed by atoms with Crippen LogP contribution in [0.3, 0.4) is 0 Å². The molecule has 0 aliphatic heterocycles. The van der Waals surface area contributed by atoms with Crippen LogP contribution in [0.25, 0.3) is 11.4 Å². The Kier molecular flexibility index (Phi) is 5.97. The number of ether oxygens (including phenoxy) is 1. The van der Waals surface area contributed by atoms with E-state index in [4.69, 9.17) is 9.84 Å². The van der Waals surface area contributed by atoms with E-state index < -0.39 is 15.8 Å². The molecular formula is C17H18FN5O4S. The number of nitrogens with zero attached hydrogens (tertiary/aromatic N) is 4. The fourth-order valence-corrected chi connectivity index (χ4v) is 3.46. The predicted molar refractivity (Wildman–Crippen MR) is 97.6 cm³/mol. The maximum atomic E-state index is 13.8. The summed E-state index contributed by atoms with van der Waals surface area (Å²) in [6, 6.07) is 10.5. The molecule has 0 atom stereocenters. The van der Waals surface area contributed by atoms with E-state index in [2.05, 4.69) is 20.1 Å². The maximum absolute atomic E-state index is 13.8. The molecule has 2 N–H and O–H groups in total. The zero-order chi connectivity index (χ0) is 20.1. The minimum Gasteiger partial charge on any atom is -0.494 e. The van der Waals surface area contributed by atoms with E-state index in [0.717, 1.165) is 0 Å². The van der Waals surface area contributed by atoms with Crippen LogP contribution in [0.15, 0.2) is 47.4 Å². The first-order chi connectivity index (χ1) is 13.4. The highest BCUT2D eigenvalue weighted by molar-refractivity contribution is 7.89. The summed E-state index contributed by atoms with van der Waals surface area (Å²) in [5.74, 6) is -0.0206. The number of hydrogen-bond acceptors (Lipinski definition) is 7. The van der Waals surface area contributed by atoms with E-state index in [0.29, 0.717) is 17.0 Å². The van der Waals surface area contributed by atoms with E-state index in [1.807, 2.05) is 0 Å². The van der Waals surface area contributed by atoms with Crippen LogP contribution in [-0.4, -0.2) is 54.0 Å². The van der Waals surface area contributed by atoms with Crippen LogP contribution >= 0.6 is 0 Å². The Morgan fingerprint density at radius 3 is 2.61 bits per heavy atom. The van der Waals surface area contributed by atoms with Gasteiger partial charge >= 0.3 is 0 Å². The van der Waals surface area contributed by atoms with Crippen molar-refractivity contribution in [2.24, 2.45) is 0 Å². The highest BCUT2D eigenvalue weighted by Gasteiger charge is 2.14. The number of aromatic nitrogens is 4. The SMILES string of the molecule is COc1ccc(Cn2nnc(-c3ccc(S(=O)(=O)NCCO)cc3)n2)cc1F. The van der Waals surface area contributed by atoms with Crippen molar-refractivity contribution in [1.82, 2.24) is 24.9 Å². The number of halogens is 1. The minimum atomic E-state index is -3.68. The van der Waals surface area contributed by atoms with Gasteiger partial charge in [-0.1, -0.05) is 6.07 Å². The lowest BCUT2D eigenvalue weighted by Gasteiger charge is -2.05. The van der Waals surface area contributed by atoms with E-state index in [1.54, 1.807) is 18.2 Å². The topological polar surface area (TPSA) is 119 Å². The van der Waals surface area contributed by atoms with Crippen molar-refractivity contribution in [2.75, 3.05) is 20.3 Å². The molecule has 0 aliphatic carbocycles. The molecular weight excluding hydrogens is 389 g/mol. The lowest BCUT2D eigenvalue weighted by molar-refractivity contribution is 0.301. The normalized spacial score (nSPS) is 11.5. The molecule has 1 heterocycles. The number of nitrogens with one attached hydrogen (secondary N) is 1. The minimum absolute atomic E-state index is 0.0609. The van der Waals surface area contributed by atoms with E-state index in [9.17, 15) is 12.8 Å². The Hall–Kier alpha value is -2.89. The van der Waals surface area contributed by atoms with Gasteiger partial charge in [-0.25, -0.2) is 17.5 Å². The fourth-order valence-electron chi connectivity index (χ4n) is 2.44. The number of methoxy groups -OCH3 is 1. The molecule has 0 bridgehead atoms. The van der Waals surface area contributed by atoms with Crippen molar-refractivity contribution < 1.29 is 22.7 Å². The monoisotopic (exact) mass is 407 g/mol. The van der Waals surface area contributed by atoms with Gasteiger partial charge in [-0.05, 0) is 47.2 Å². The van der Waals surface area contributed by atoms with Gasteiger partial charge in [0.2, 0.25) is 15.8 Å². The Balaban J connectivity index is 1.74. The molecule has 0 amide bonds. The van der Waals surface area contributed by atoms with Crippen LogP contribution < -0.4 is 9.46 Å². The summed E-state index contributed by atoms with van der Waals surface area (Å²) in [7, 11) is -2.29. The van der Waals surface area contributed by atoms with Crippen molar-refractivity contribution in [1.29, 1.82) is 0 Å². The van der Waals surface area contributed by atoms with Gasteiger partial charge in [0, 0.05) is 12.1 Å². The lowest BCUT2D eigenvalue weighted by Crippen LogP contribution is -2.26. The molecule has 3 aromatic rings. The van der Waals surface area contributed by atoms with Crippen molar-refractivity contribution in [2.45, 2.75) is 11.4 Å². The molecule has 9 nitrogen and oxygen atoms in total. The molecule has 0 fully saturated rings. The first-order valence-electron chi connectivity index (χ1n) is 8.24. The molecule has 0 unspecified atom stereocenters. The van der Waals surface area contributed by atoms with Crippen LogP contribution in [-0.2, 0) is 16.6 Å². The number of benzene rings is 2. The van der Waals surface area contributed by atoms with E-state index in [1.165, 1.54) is 36.2 Å². The smallest absolute Gasteiger partial charge is 0.240 e. The van der Waals surface area contributed by atoms with Crippen LogP contribution in [0.5, 0.6) is 5.75 Å². The highest BCUT2D eigenvalue weighted by atomic mass is 32.2. The summed E-state index contributed by atoms with van der Waals surface area (Å²) in [5, 5.41) is 20.9. The second-order valence-electron chi connectivity index (χ2n) is 5.76. The van der Waals surface area contributed by atoms with Crippen LogP contribution in [0.4, 0.5) is 4.39 Å². The zero-order valence-electron chi connectivity index (χ0n) is 14.9. The number of aliphatic hydroxyl groups is 1. The van der Waals surface area contributed by atoms with Gasteiger partial charge in [-0.3, -0.25) is 0 Å². The maximum Gasteiger partial charge on any atom is 0.240 e. The summed E-state index contributed by atoms with van der Waals surface area (Å²) in [6.45, 7) is -0.139. The number of tetrazole rings is 1. The third-order valence-electron chi connectivity index (χ3n) is 3.82. The largest absolute Gasteiger partial charge is 0.494 e. The summed E-state index contributed by atoms with van der Waals surface area (Å²) < 4.78 is 44.9. The van der Waals surface area contributed by atoms with Crippen LogP contribution in [0, 0.1) is 5.82 Å². The van der Waals surface area contributed by atoms with E-state index in [-0.39, 0.29) is 30.3 Å². The molecule has 1 aromatic heterocycles. The Morgan fingerprint density at radius 1 is 1.21 bits per heavy atom. The van der Waals surface area contributed by atoms with Gasteiger partial charge in [-0.15, -0.1) is 10.2 Å². The van der Waals surface area contributed by atoms with Gasteiger partial charge in [0.25, 0.3) is 0 Å². The Bertz CT molecular complexity index is 1050. The summed E-state index contributed by atoms with van der Waals surface area (Å²) in [5.41, 5.74) is 1.21. The van der Waals surface area contributed by atoms with Crippen LogP contribution in [0.1, 0.15) is 5.56 Å². The molecule has 0 saturated carbocycles. The second kappa shape index (κ2) is 8.42. The average Bonchev–Trinajstić information content (AvgIpc) is 3.15. The summed E-state index contributed by atoms with van der Waals surface area (Å²) >= 11 is 0. The summed E-state index contributed by atoms with van der Waals surface area (Å²) in [6.07, 6.45) is 0. The highest BCUT2D eigenvalue weighted by Crippen LogP contribution is 2.19. The standard InChI is InChI=1S/C17H18FN5O4S/c1-27-16-7-2-12(10-15(16)18)11-23-21-17(20-22-23)13-3-5-14(6-4-13)28(25,26)19-8-9-24/h2-7,10,19,24H,8-9,11H2,1H3. The van der Waals surface area contributed by atoms with Gasteiger partial charge in [0.15, 0.2) is 11.6 Å². The zero-order valence-corrected chi connectivity index (χ0v) is 15.7. The number of hydrogen-bond donors (Lipinski definition) is 2. The molecule has 0 aliphatic rings. The number of rotatable bonds is 8. The van der Waals surface area contributed by atoms with Crippen molar-refractivity contribution in [3.05, 3.63) is 53.8 Å². The van der Waals surface area contributed by atoms with E-state index >= 15 is 0 Å². The molecule has 2 aromatic carbocycles.